The van der Waals surface area contributed by atoms with E-state index < -0.39 is 0 Å². The van der Waals surface area contributed by atoms with Gasteiger partial charge in [0.15, 0.2) is 4.96 Å². The summed E-state index contributed by atoms with van der Waals surface area (Å²) in [5, 5.41) is 0. The summed E-state index contributed by atoms with van der Waals surface area (Å²) in [5.41, 5.74) is 6.36. The number of aryl methyl sites for hydroxylation is 2. The molecule has 0 bridgehead atoms. The molecule has 5 nitrogen and oxygen atoms in total. The van der Waals surface area contributed by atoms with E-state index in [1.54, 1.807) is 4.40 Å². The number of hydrogen-bond donors (Lipinski definition) is 0. The molecule has 0 spiro atoms. The van der Waals surface area contributed by atoms with Crippen LogP contribution in [0.4, 0.5) is 5.69 Å². The topological polar surface area (TPSA) is 46.8 Å². The minimum Gasteiger partial charge on any atom is -0.378 e. The molecule has 2 aromatic heterocycles. The molecule has 142 valence electrons. The Balaban J connectivity index is 1.55. The van der Waals surface area contributed by atoms with Gasteiger partial charge in [0, 0.05) is 18.8 Å². The lowest BCUT2D eigenvalue weighted by atomic mass is 10.1. The summed E-state index contributed by atoms with van der Waals surface area (Å²) >= 11 is 1.45. The number of hydrogen-bond acceptors (Lipinski definition) is 5. The lowest BCUT2D eigenvalue weighted by Gasteiger charge is -2.28. The van der Waals surface area contributed by atoms with E-state index in [-0.39, 0.29) is 5.56 Å². The van der Waals surface area contributed by atoms with Crippen molar-refractivity contribution in [3.63, 3.8) is 0 Å². The molecule has 4 aromatic rings. The molecule has 0 amide bonds. The molecule has 1 saturated heterocycles. The van der Waals surface area contributed by atoms with Crippen LogP contribution in [0, 0.1) is 13.8 Å². The van der Waals surface area contributed by atoms with Crippen LogP contribution in [0.3, 0.4) is 0 Å². The van der Waals surface area contributed by atoms with E-state index in [9.17, 15) is 4.79 Å². The van der Waals surface area contributed by atoms with Gasteiger partial charge < -0.3 is 9.64 Å². The molecule has 5 rings (SSSR count). The van der Waals surface area contributed by atoms with Crippen molar-refractivity contribution >= 4 is 39.1 Å². The van der Waals surface area contributed by atoms with Crippen molar-refractivity contribution in [1.29, 1.82) is 0 Å². The molecule has 1 aliphatic heterocycles. The lowest BCUT2D eigenvalue weighted by molar-refractivity contribution is 0.122. The summed E-state index contributed by atoms with van der Waals surface area (Å²) in [7, 11) is 0. The first-order chi connectivity index (χ1) is 13.6. The molecule has 0 unspecified atom stereocenters. The maximum absolute atomic E-state index is 13.0. The number of ether oxygens (including phenoxy) is 1. The van der Waals surface area contributed by atoms with Crippen molar-refractivity contribution in [2.24, 2.45) is 0 Å². The molecule has 1 aliphatic rings. The number of thiazole rings is 1. The quantitative estimate of drug-likeness (QED) is 0.527. The van der Waals surface area contributed by atoms with E-state index in [2.05, 4.69) is 60.1 Å². The fraction of sp³-hybridized carbons (Fsp3) is 0.273. The number of morpholine rings is 1. The molecule has 3 heterocycles. The van der Waals surface area contributed by atoms with Gasteiger partial charge in [-0.05, 0) is 60.9 Å². The Morgan fingerprint density at radius 1 is 1.07 bits per heavy atom. The Labute approximate surface area is 166 Å². The van der Waals surface area contributed by atoms with E-state index in [0.29, 0.717) is 4.53 Å². The molecule has 0 atom stereocenters. The second-order valence-electron chi connectivity index (χ2n) is 7.26. The van der Waals surface area contributed by atoms with Gasteiger partial charge in [-0.2, -0.15) is 0 Å². The van der Waals surface area contributed by atoms with E-state index in [1.807, 2.05) is 6.08 Å². The van der Waals surface area contributed by atoms with Crippen LogP contribution >= 0.6 is 11.3 Å². The van der Waals surface area contributed by atoms with Gasteiger partial charge >= 0.3 is 0 Å². The van der Waals surface area contributed by atoms with Crippen molar-refractivity contribution in [3.05, 3.63) is 68.0 Å². The number of fused-ring (bicyclic) bond motifs is 3. The zero-order valence-electron chi connectivity index (χ0n) is 15.9. The second-order valence-corrected chi connectivity index (χ2v) is 8.27. The third-order valence-electron chi connectivity index (χ3n) is 5.42. The van der Waals surface area contributed by atoms with Gasteiger partial charge in [-0.1, -0.05) is 23.5 Å². The highest BCUT2D eigenvalue weighted by Crippen LogP contribution is 2.21. The summed E-state index contributed by atoms with van der Waals surface area (Å²) in [6, 6.07) is 12.5. The van der Waals surface area contributed by atoms with Crippen molar-refractivity contribution < 1.29 is 4.74 Å². The summed E-state index contributed by atoms with van der Waals surface area (Å²) in [5.74, 6) is 0. The average molecular weight is 391 g/mol. The zero-order valence-corrected chi connectivity index (χ0v) is 16.8. The SMILES string of the molecule is Cc1cc2nc3sc(=Cc4ccc(N5CCOCC5)cc4)c(=O)n3c2cc1C. The van der Waals surface area contributed by atoms with Crippen molar-refractivity contribution in [2.75, 3.05) is 31.2 Å². The molecule has 6 heteroatoms. The second kappa shape index (κ2) is 6.72. The number of benzene rings is 2. The first kappa shape index (κ1) is 17.4. The van der Waals surface area contributed by atoms with Gasteiger partial charge in [-0.25, -0.2) is 9.38 Å². The van der Waals surface area contributed by atoms with Crippen molar-refractivity contribution in [1.82, 2.24) is 9.38 Å². The summed E-state index contributed by atoms with van der Waals surface area (Å²) in [6.45, 7) is 7.52. The van der Waals surface area contributed by atoms with Gasteiger partial charge in [0.25, 0.3) is 5.56 Å². The van der Waals surface area contributed by atoms with Gasteiger partial charge in [0.05, 0.1) is 28.8 Å². The Bertz CT molecular complexity index is 1280. The highest BCUT2D eigenvalue weighted by molar-refractivity contribution is 7.15. The predicted octanol–water partition coefficient (Wildman–Crippen LogP) is 2.91. The maximum atomic E-state index is 13.0. The van der Waals surface area contributed by atoms with E-state index in [4.69, 9.17) is 4.74 Å². The molecule has 0 radical (unpaired) electrons. The largest absolute Gasteiger partial charge is 0.378 e. The van der Waals surface area contributed by atoms with Gasteiger partial charge in [-0.15, -0.1) is 0 Å². The standard InChI is InChI=1S/C22H21N3O2S/c1-14-11-18-19(12-15(14)2)25-21(26)20(28-22(25)23-18)13-16-3-5-17(6-4-16)24-7-9-27-10-8-24/h3-6,11-13H,7-10H2,1-2H3. The lowest BCUT2D eigenvalue weighted by Crippen LogP contribution is -2.36. The summed E-state index contributed by atoms with van der Waals surface area (Å²) in [6.07, 6.45) is 1.96. The summed E-state index contributed by atoms with van der Waals surface area (Å²) in [4.78, 5) is 20.7. The fourth-order valence-corrected chi connectivity index (χ4v) is 4.66. The molecular weight excluding hydrogens is 370 g/mol. The minimum absolute atomic E-state index is 0.00279. The number of imidazole rings is 1. The Morgan fingerprint density at radius 3 is 2.54 bits per heavy atom. The molecule has 1 fully saturated rings. The Hall–Kier alpha value is -2.70. The monoisotopic (exact) mass is 391 g/mol. The molecule has 0 N–H and O–H groups in total. The first-order valence-corrected chi connectivity index (χ1v) is 10.3. The Kier molecular flexibility index (Phi) is 4.18. The molecular formula is C22H21N3O2S. The van der Waals surface area contributed by atoms with Gasteiger partial charge in [-0.3, -0.25) is 4.79 Å². The smallest absolute Gasteiger partial charge is 0.274 e. The predicted molar refractivity (Wildman–Crippen MR) is 115 cm³/mol. The number of nitrogens with zero attached hydrogens (tertiary/aromatic N) is 3. The first-order valence-electron chi connectivity index (χ1n) is 9.47. The fourth-order valence-electron chi connectivity index (χ4n) is 3.67. The molecule has 28 heavy (non-hydrogen) atoms. The molecule has 0 aliphatic carbocycles. The van der Waals surface area contributed by atoms with Crippen LogP contribution in [-0.2, 0) is 4.74 Å². The van der Waals surface area contributed by atoms with Crippen LogP contribution in [0.15, 0.2) is 41.2 Å². The van der Waals surface area contributed by atoms with Gasteiger partial charge in [0.2, 0.25) is 0 Å². The number of anilines is 1. The third kappa shape index (κ3) is 2.89. The van der Waals surface area contributed by atoms with Crippen molar-refractivity contribution in [2.45, 2.75) is 13.8 Å². The highest BCUT2D eigenvalue weighted by Gasteiger charge is 2.13. The zero-order chi connectivity index (χ0) is 19.3. The van der Waals surface area contributed by atoms with E-state index in [1.165, 1.54) is 28.2 Å². The Morgan fingerprint density at radius 2 is 1.79 bits per heavy atom. The maximum Gasteiger partial charge on any atom is 0.274 e. The average Bonchev–Trinajstić information content (AvgIpc) is 3.20. The normalized spacial score (nSPS) is 15.8. The van der Waals surface area contributed by atoms with Crippen LogP contribution < -0.4 is 15.0 Å². The number of aromatic nitrogens is 2. The highest BCUT2D eigenvalue weighted by atomic mass is 32.1. The van der Waals surface area contributed by atoms with E-state index >= 15 is 0 Å². The summed E-state index contributed by atoms with van der Waals surface area (Å²) < 4.78 is 7.86. The van der Waals surface area contributed by atoms with Crippen LogP contribution in [0.2, 0.25) is 0 Å². The van der Waals surface area contributed by atoms with Crippen LogP contribution in [-0.4, -0.2) is 35.7 Å². The van der Waals surface area contributed by atoms with Crippen LogP contribution in [0.25, 0.3) is 22.1 Å². The minimum atomic E-state index is 0.00279. The molecule has 2 aromatic carbocycles. The molecule has 0 saturated carbocycles. The van der Waals surface area contributed by atoms with E-state index in [0.717, 1.165) is 47.9 Å². The van der Waals surface area contributed by atoms with Crippen LogP contribution in [0.1, 0.15) is 16.7 Å². The van der Waals surface area contributed by atoms with Gasteiger partial charge in [0.1, 0.15) is 0 Å². The van der Waals surface area contributed by atoms with Crippen LogP contribution in [0.5, 0.6) is 0 Å². The number of rotatable bonds is 2. The van der Waals surface area contributed by atoms with Crippen molar-refractivity contribution in [3.8, 4) is 0 Å². The third-order valence-corrected chi connectivity index (χ3v) is 6.39.